The second-order valence-corrected chi connectivity index (χ2v) is 11.8. The molecule has 2 aliphatic carbocycles. The van der Waals surface area contributed by atoms with Crippen molar-refractivity contribution in [1.29, 1.82) is 0 Å². The zero-order chi connectivity index (χ0) is 27.1. The smallest absolute Gasteiger partial charge is 0.254 e. The van der Waals surface area contributed by atoms with Crippen LogP contribution in [0.25, 0.3) is 10.9 Å². The van der Waals surface area contributed by atoms with Gasteiger partial charge in [-0.2, -0.15) is 0 Å². The number of pyridine rings is 1. The summed E-state index contributed by atoms with van der Waals surface area (Å²) in [7, 11) is 0. The number of aromatic hydroxyl groups is 1. The van der Waals surface area contributed by atoms with Crippen LogP contribution in [0.2, 0.25) is 0 Å². The summed E-state index contributed by atoms with van der Waals surface area (Å²) in [5, 5.41) is 38.5. The molecule has 2 fully saturated rings. The van der Waals surface area contributed by atoms with Gasteiger partial charge in [-0.05, 0) is 87.9 Å². The fraction of sp³-hybridized carbons (Fsp3) is 0.419. The lowest BCUT2D eigenvalue weighted by molar-refractivity contribution is -0.153. The summed E-state index contributed by atoms with van der Waals surface area (Å²) < 4.78 is 6.32. The van der Waals surface area contributed by atoms with Crippen molar-refractivity contribution >= 4 is 22.5 Å². The molecule has 3 aromatic rings. The maximum Gasteiger partial charge on any atom is 0.254 e. The van der Waals surface area contributed by atoms with Crippen molar-refractivity contribution < 1.29 is 24.9 Å². The first-order chi connectivity index (χ1) is 18.7. The molecule has 1 saturated carbocycles. The van der Waals surface area contributed by atoms with Crippen LogP contribution in [-0.2, 0) is 16.6 Å². The number of aliphatic hydroxyl groups excluding tert-OH is 1. The van der Waals surface area contributed by atoms with Crippen LogP contribution in [0.4, 0.5) is 5.69 Å². The first-order valence-electron chi connectivity index (χ1n) is 13.7. The molecule has 1 saturated heterocycles. The predicted molar refractivity (Wildman–Crippen MR) is 147 cm³/mol. The van der Waals surface area contributed by atoms with Gasteiger partial charge in [0, 0.05) is 35.4 Å². The van der Waals surface area contributed by atoms with E-state index in [4.69, 9.17) is 4.74 Å². The molecule has 1 aromatic heterocycles. The summed E-state index contributed by atoms with van der Waals surface area (Å²) in [6.45, 7) is 5.10. The highest BCUT2D eigenvalue weighted by atomic mass is 16.5. The number of hydrogen-bond donors (Lipinski definition) is 4. The molecule has 8 heteroatoms. The molecule has 202 valence electrons. The summed E-state index contributed by atoms with van der Waals surface area (Å²) in [6, 6.07) is 12.6. The second kappa shape index (κ2) is 8.44. The van der Waals surface area contributed by atoms with E-state index in [0.717, 1.165) is 35.1 Å². The Hall–Kier alpha value is -3.62. The number of ether oxygens (including phenoxy) is 1. The van der Waals surface area contributed by atoms with E-state index in [2.05, 4.69) is 15.2 Å². The number of nitrogens with one attached hydrogen (secondary N) is 1. The van der Waals surface area contributed by atoms with Gasteiger partial charge in [0.2, 0.25) is 0 Å². The Balaban J connectivity index is 1.27. The van der Waals surface area contributed by atoms with Gasteiger partial charge in [0.25, 0.3) is 5.91 Å². The van der Waals surface area contributed by atoms with E-state index < -0.39 is 23.0 Å². The van der Waals surface area contributed by atoms with Crippen molar-refractivity contribution in [2.75, 3.05) is 18.4 Å². The van der Waals surface area contributed by atoms with Crippen molar-refractivity contribution in [1.82, 2.24) is 9.88 Å². The molecule has 2 bridgehead atoms. The Labute approximate surface area is 226 Å². The Kier molecular flexibility index (Phi) is 5.28. The number of piperidine rings is 1. The first kappa shape index (κ1) is 24.4. The Morgan fingerprint density at radius 2 is 2.05 bits per heavy atom. The number of fused-ring (bicyclic) bond motifs is 2. The number of rotatable bonds is 5. The molecule has 0 unspecified atom stereocenters. The average Bonchev–Trinajstić information content (AvgIpc) is 3.66. The van der Waals surface area contributed by atoms with Crippen LogP contribution in [-0.4, -0.2) is 61.9 Å². The van der Waals surface area contributed by atoms with Crippen LogP contribution in [0.1, 0.15) is 44.2 Å². The van der Waals surface area contributed by atoms with Gasteiger partial charge in [0.05, 0.1) is 22.1 Å². The zero-order valence-electron chi connectivity index (χ0n) is 22.1. The fourth-order valence-corrected chi connectivity index (χ4v) is 7.26. The molecular formula is C31H33N3O5. The lowest BCUT2D eigenvalue weighted by Crippen LogP contribution is -2.73. The molecule has 2 aliphatic heterocycles. The molecule has 1 spiro atoms. The van der Waals surface area contributed by atoms with Gasteiger partial charge >= 0.3 is 0 Å². The quantitative estimate of drug-likeness (QED) is 0.290. The molecule has 0 radical (unpaired) electrons. The molecule has 3 heterocycles. The summed E-state index contributed by atoms with van der Waals surface area (Å²) >= 11 is 0. The minimum atomic E-state index is -1.26. The van der Waals surface area contributed by atoms with E-state index in [1.54, 1.807) is 25.3 Å². The summed E-state index contributed by atoms with van der Waals surface area (Å²) in [5.41, 5.74) is 1.03. The van der Waals surface area contributed by atoms with E-state index in [1.165, 1.54) is 12.8 Å². The number of phenols is 1. The van der Waals surface area contributed by atoms with Crippen molar-refractivity contribution in [3.63, 3.8) is 0 Å². The lowest BCUT2D eigenvalue weighted by atomic mass is 9.53. The van der Waals surface area contributed by atoms with Gasteiger partial charge in [-0.25, -0.2) is 0 Å². The summed E-state index contributed by atoms with van der Waals surface area (Å²) in [5.74, 6) is 0.258. The number of anilines is 1. The highest BCUT2D eigenvalue weighted by Crippen LogP contribution is 2.63. The van der Waals surface area contributed by atoms with E-state index in [9.17, 15) is 20.1 Å². The number of aliphatic hydroxyl groups is 2. The standard InChI is InChI=1S/C31H33N3O5/c1-17(29(37)33-21-8-9-22-19(14-21)4-3-12-32-22)26(36)28-31-11-13-34(16-18-5-6-18)24(30(31,2)38)15-20-7-10-23(35)27(39-28)25(20)31/h3-4,7-10,12,14,18,24,28,35-36,38H,5-6,11,13,15-16H2,1-2H3,(H,33,37)/b26-17-/t24-,28+,30-,31+/m1/s1. The van der Waals surface area contributed by atoms with Gasteiger partial charge < -0.3 is 25.4 Å². The van der Waals surface area contributed by atoms with Crippen LogP contribution < -0.4 is 10.1 Å². The number of aromatic nitrogens is 1. The minimum Gasteiger partial charge on any atom is -0.508 e. The summed E-state index contributed by atoms with van der Waals surface area (Å²) in [4.78, 5) is 20.1. The first-order valence-corrected chi connectivity index (χ1v) is 13.7. The van der Waals surface area contributed by atoms with E-state index >= 15 is 0 Å². The van der Waals surface area contributed by atoms with Crippen molar-refractivity contribution in [3.8, 4) is 11.5 Å². The zero-order valence-corrected chi connectivity index (χ0v) is 22.1. The molecular weight excluding hydrogens is 494 g/mol. The number of amides is 1. The molecule has 2 aromatic carbocycles. The third-order valence-corrected chi connectivity index (χ3v) is 9.58. The molecule has 4 aliphatic rings. The van der Waals surface area contributed by atoms with Crippen molar-refractivity contribution in [2.24, 2.45) is 5.92 Å². The van der Waals surface area contributed by atoms with Crippen LogP contribution in [0.5, 0.6) is 11.5 Å². The SMILES string of the molecule is C/C(C(=O)Nc1ccc2ncccc2c1)=C(/O)[C@@H]1Oc2c(O)ccc3c2[C@@]12CCN(CC1CC1)[C@H](C3)[C@@]2(C)O. The molecule has 4 N–H and O–H groups in total. The molecule has 39 heavy (non-hydrogen) atoms. The van der Waals surface area contributed by atoms with E-state index in [-0.39, 0.29) is 23.1 Å². The largest absolute Gasteiger partial charge is 0.508 e. The summed E-state index contributed by atoms with van der Waals surface area (Å²) in [6.07, 6.45) is 4.33. The van der Waals surface area contributed by atoms with Crippen LogP contribution in [0.15, 0.2) is 60.0 Å². The van der Waals surface area contributed by atoms with Gasteiger partial charge in [-0.3, -0.25) is 14.7 Å². The maximum atomic E-state index is 13.4. The maximum absolute atomic E-state index is 13.4. The normalized spacial score (nSPS) is 29.9. The predicted octanol–water partition coefficient (Wildman–Crippen LogP) is 4.20. The second-order valence-electron chi connectivity index (χ2n) is 11.8. The number of carbonyl (C=O) groups is 1. The molecule has 4 atom stereocenters. The number of nitrogens with zero attached hydrogens (tertiary/aromatic N) is 2. The van der Waals surface area contributed by atoms with Gasteiger partial charge in [0.1, 0.15) is 5.76 Å². The minimum absolute atomic E-state index is 0.0232. The number of hydrogen-bond acceptors (Lipinski definition) is 7. The monoisotopic (exact) mass is 527 g/mol. The van der Waals surface area contributed by atoms with E-state index in [0.29, 0.717) is 30.2 Å². The van der Waals surface area contributed by atoms with Gasteiger partial charge in [-0.1, -0.05) is 12.1 Å². The van der Waals surface area contributed by atoms with Crippen molar-refractivity contribution in [2.45, 2.75) is 62.7 Å². The number of likely N-dealkylation sites (tertiary alicyclic amines) is 1. The topological polar surface area (TPSA) is 115 Å². The Morgan fingerprint density at radius 1 is 1.23 bits per heavy atom. The van der Waals surface area contributed by atoms with Crippen LogP contribution in [0, 0.1) is 5.92 Å². The average molecular weight is 528 g/mol. The molecule has 7 rings (SSSR count). The number of carbonyl (C=O) groups excluding carboxylic acids is 1. The number of phenolic OH excluding ortho intramolecular Hbond substituents is 1. The third-order valence-electron chi connectivity index (χ3n) is 9.58. The van der Waals surface area contributed by atoms with Gasteiger partial charge in [-0.15, -0.1) is 0 Å². The molecule has 8 nitrogen and oxygen atoms in total. The highest BCUT2D eigenvalue weighted by Gasteiger charge is 2.69. The van der Waals surface area contributed by atoms with Crippen LogP contribution in [0.3, 0.4) is 0 Å². The lowest BCUT2D eigenvalue weighted by Gasteiger charge is -2.59. The highest BCUT2D eigenvalue weighted by molar-refractivity contribution is 6.04. The van der Waals surface area contributed by atoms with Crippen molar-refractivity contribution in [3.05, 3.63) is 71.1 Å². The third kappa shape index (κ3) is 3.51. The molecule has 1 amide bonds. The van der Waals surface area contributed by atoms with Crippen LogP contribution >= 0.6 is 0 Å². The Morgan fingerprint density at radius 3 is 2.85 bits per heavy atom. The van der Waals surface area contributed by atoms with Gasteiger partial charge in [0.15, 0.2) is 17.6 Å². The number of benzene rings is 2. The van der Waals surface area contributed by atoms with E-state index in [1.807, 2.05) is 37.3 Å². The fourth-order valence-electron chi connectivity index (χ4n) is 7.26. The Bertz CT molecular complexity index is 1540.